The second kappa shape index (κ2) is 5.34. The maximum Gasteiger partial charge on any atom is 0.0991 e. The van der Waals surface area contributed by atoms with E-state index in [1.807, 2.05) is 12.1 Å². The summed E-state index contributed by atoms with van der Waals surface area (Å²) in [5.74, 6) is 1.21. The van der Waals surface area contributed by atoms with Gasteiger partial charge in [-0.2, -0.15) is 17.0 Å². The van der Waals surface area contributed by atoms with E-state index >= 15 is 0 Å². The molecule has 0 radical (unpaired) electrons. The summed E-state index contributed by atoms with van der Waals surface area (Å²) in [5.41, 5.74) is 3.33. The van der Waals surface area contributed by atoms with Gasteiger partial charge in [0.25, 0.3) is 0 Å². The fraction of sp³-hybridized carbons (Fsp3) is 0.533. The molecule has 0 amide bonds. The van der Waals surface area contributed by atoms with E-state index in [0.717, 1.165) is 25.2 Å². The third kappa shape index (κ3) is 3.28. The van der Waals surface area contributed by atoms with E-state index in [1.165, 1.54) is 16.9 Å². The quantitative estimate of drug-likeness (QED) is 0.817. The molecule has 18 heavy (non-hydrogen) atoms. The molecule has 2 rings (SSSR count). The van der Waals surface area contributed by atoms with E-state index in [-0.39, 0.29) is 0 Å². The van der Waals surface area contributed by atoms with Crippen molar-refractivity contribution in [2.45, 2.75) is 32.1 Å². The molecule has 2 nitrogen and oxygen atoms in total. The Balaban J connectivity index is 2.08. The maximum absolute atomic E-state index is 8.88. The topological polar surface area (TPSA) is 27.0 Å². The fourth-order valence-corrected chi connectivity index (χ4v) is 3.61. The zero-order valence-electron chi connectivity index (χ0n) is 11.4. The predicted octanol–water partition coefficient (Wildman–Crippen LogP) is 3.19. The van der Waals surface area contributed by atoms with Crippen molar-refractivity contribution >= 4 is 11.8 Å². The van der Waals surface area contributed by atoms with Gasteiger partial charge in [-0.3, -0.25) is 4.90 Å². The Morgan fingerprint density at radius 2 is 2.22 bits per heavy atom. The van der Waals surface area contributed by atoms with Crippen molar-refractivity contribution in [1.29, 1.82) is 5.26 Å². The normalized spacial score (nSPS) is 19.4. The van der Waals surface area contributed by atoms with E-state index in [2.05, 4.69) is 49.6 Å². The average molecular weight is 260 g/mol. The Hall–Kier alpha value is -0.980. The summed E-state index contributed by atoms with van der Waals surface area (Å²) >= 11 is 2.06. The first kappa shape index (κ1) is 13.5. The van der Waals surface area contributed by atoms with Crippen LogP contribution in [-0.2, 0) is 6.54 Å². The first-order valence-electron chi connectivity index (χ1n) is 6.36. The van der Waals surface area contributed by atoms with Gasteiger partial charge in [-0.15, -0.1) is 0 Å². The molecule has 1 aromatic rings. The van der Waals surface area contributed by atoms with E-state index in [9.17, 15) is 0 Å². The Labute approximate surface area is 114 Å². The van der Waals surface area contributed by atoms with Crippen LogP contribution in [0.25, 0.3) is 0 Å². The Morgan fingerprint density at radius 1 is 1.44 bits per heavy atom. The number of thioether (sulfide) groups is 1. The van der Waals surface area contributed by atoms with Crippen LogP contribution in [-0.4, -0.2) is 28.5 Å². The van der Waals surface area contributed by atoms with Crippen molar-refractivity contribution in [3.63, 3.8) is 0 Å². The summed E-state index contributed by atoms with van der Waals surface area (Å²) in [6, 6.07) is 8.20. The molecule has 1 saturated heterocycles. The molecule has 1 aliphatic rings. The molecule has 1 aliphatic heterocycles. The van der Waals surface area contributed by atoms with Gasteiger partial charge in [0.1, 0.15) is 0 Å². The van der Waals surface area contributed by atoms with Gasteiger partial charge < -0.3 is 0 Å². The van der Waals surface area contributed by atoms with Gasteiger partial charge in [-0.25, -0.2) is 0 Å². The van der Waals surface area contributed by atoms with Crippen molar-refractivity contribution in [2.75, 3.05) is 18.8 Å². The van der Waals surface area contributed by atoms with Crippen molar-refractivity contribution in [2.24, 2.45) is 0 Å². The molecular formula is C15H20N2S. The summed E-state index contributed by atoms with van der Waals surface area (Å²) in [5, 5.41) is 8.88. The van der Waals surface area contributed by atoms with Crippen LogP contribution in [0.5, 0.6) is 0 Å². The van der Waals surface area contributed by atoms with Gasteiger partial charge in [0, 0.05) is 30.1 Å². The average Bonchev–Trinajstić information content (AvgIpc) is 2.30. The van der Waals surface area contributed by atoms with Crippen molar-refractivity contribution in [3.8, 4) is 6.07 Å². The van der Waals surface area contributed by atoms with Crippen LogP contribution in [0.1, 0.15) is 30.5 Å². The van der Waals surface area contributed by atoms with Gasteiger partial charge >= 0.3 is 0 Å². The van der Waals surface area contributed by atoms with Crippen LogP contribution < -0.4 is 0 Å². The summed E-state index contributed by atoms with van der Waals surface area (Å²) in [6.45, 7) is 10.0. The highest BCUT2D eigenvalue weighted by Crippen LogP contribution is 2.30. The van der Waals surface area contributed by atoms with Gasteiger partial charge in [0.05, 0.1) is 11.6 Å². The van der Waals surface area contributed by atoms with E-state index in [1.54, 1.807) is 0 Å². The lowest BCUT2D eigenvalue weighted by atomic mass is 10.0. The summed E-state index contributed by atoms with van der Waals surface area (Å²) in [4.78, 5) is 2.52. The molecule has 0 aromatic heterocycles. The smallest absolute Gasteiger partial charge is 0.0991 e. The predicted molar refractivity (Wildman–Crippen MR) is 77.7 cm³/mol. The standard InChI is InChI=1S/C15H20N2S/c1-12-8-13(9-16)4-5-14(12)10-17-6-7-18-15(2,3)11-17/h4-5,8H,6-7,10-11H2,1-3H3. The Morgan fingerprint density at radius 3 is 2.83 bits per heavy atom. The largest absolute Gasteiger partial charge is 0.297 e. The van der Waals surface area contributed by atoms with Crippen LogP contribution in [0.4, 0.5) is 0 Å². The van der Waals surface area contributed by atoms with Crippen molar-refractivity contribution in [1.82, 2.24) is 4.90 Å². The third-order valence-electron chi connectivity index (χ3n) is 3.37. The highest BCUT2D eigenvalue weighted by atomic mass is 32.2. The Bertz CT molecular complexity index is 474. The fourth-order valence-electron chi connectivity index (χ4n) is 2.43. The summed E-state index contributed by atoms with van der Waals surface area (Å²) in [7, 11) is 0. The lowest BCUT2D eigenvalue weighted by molar-refractivity contribution is 0.252. The lowest BCUT2D eigenvalue weighted by Gasteiger charge is -2.37. The van der Waals surface area contributed by atoms with Crippen LogP contribution in [0.2, 0.25) is 0 Å². The molecule has 0 N–H and O–H groups in total. The third-order valence-corrected chi connectivity index (χ3v) is 4.67. The first-order chi connectivity index (χ1) is 8.50. The highest BCUT2D eigenvalue weighted by molar-refractivity contribution is 8.00. The van der Waals surface area contributed by atoms with Crippen LogP contribution >= 0.6 is 11.8 Å². The zero-order chi connectivity index (χ0) is 13.2. The number of rotatable bonds is 2. The van der Waals surface area contributed by atoms with Gasteiger partial charge in [0.15, 0.2) is 0 Å². The molecular weight excluding hydrogens is 240 g/mol. The SMILES string of the molecule is Cc1cc(C#N)ccc1CN1CCSC(C)(C)C1. The molecule has 96 valence electrons. The second-order valence-electron chi connectivity index (χ2n) is 5.57. The van der Waals surface area contributed by atoms with Gasteiger partial charge in [-0.05, 0) is 44.0 Å². The van der Waals surface area contributed by atoms with Crippen LogP contribution in [0.3, 0.4) is 0 Å². The lowest BCUT2D eigenvalue weighted by Crippen LogP contribution is -2.42. The van der Waals surface area contributed by atoms with Crippen molar-refractivity contribution in [3.05, 3.63) is 34.9 Å². The highest BCUT2D eigenvalue weighted by Gasteiger charge is 2.26. The van der Waals surface area contributed by atoms with Gasteiger partial charge in [-0.1, -0.05) is 6.07 Å². The first-order valence-corrected chi connectivity index (χ1v) is 7.35. The number of hydrogen-bond donors (Lipinski definition) is 0. The molecule has 0 spiro atoms. The van der Waals surface area contributed by atoms with Crippen LogP contribution in [0, 0.1) is 18.3 Å². The molecule has 0 atom stereocenters. The molecule has 3 heteroatoms. The number of aryl methyl sites for hydroxylation is 1. The molecule has 1 aromatic carbocycles. The molecule has 1 fully saturated rings. The number of hydrogen-bond acceptors (Lipinski definition) is 3. The molecule has 1 heterocycles. The second-order valence-corrected chi connectivity index (χ2v) is 7.37. The zero-order valence-corrected chi connectivity index (χ0v) is 12.2. The minimum Gasteiger partial charge on any atom is -0.297 e. The maximum atomic E-state index is 8.88. The van der Waals surface area contributed by atoms with Crippen molar-refractivity contribution < 1.29 is 0 Å². The van der Waals surface area contributed by atoms with Gasteiger partial charge in [0.2, 0.25) is 0 Å². The van der Waals surface area contributed by atoms with Crippen LogP contribution in [0.15, 0.2) is 18.2 Å². The van der Waals surface area contributed by atoms with E-state index in [0.29, 0.717) is 4.75 Å². The molecule has 0 saturated carbocycles. The molecule has 0 unspecified atom stereocenters. The summed E-state index contributed by atoms with van der Waals surface area (Å²) in [6.07, 6.45) is 0. The molecule has 0 bridgehead atoms. The number of benzene rings is 1. The monoisotopic (exact) mass is 260 g/mol. The number of nitrogens with zero attached hydrogens (tertiary/aromatic N) is 2. The molecule has 0 aliphatic carbocycles. The van der Waals surface area contributed by atoms with E-state index in [4.69, 9.17) is 5.26 Å². The minimum absolute atomic E-state index is 0.360. The number of nitriles is 1. The summed E-state index contributed by atoms with van der Waals surface area (Å²) < 4.78 is 0.360. The Kier molecular flexibility index (Phi) is 3.99. The minimum atomic E-state index is 0.360. The van der Waals surface area contributed by atoms with E-state index < -0.39 is 0 Å².